The van der Waals surface area contributed by atoms with Crippen LogP contribution in [0.1, 0.15) is 18.5 Å². The van der Waals surface area contributed by atoms with Gasteiger partial charge in [0.1, 0.15) is 5.82 Å². The third kappa shape index (κ3) is 5.29. The van der Waals surface area contributed by atoms with Crippen molar-refractivity contribution >= 4 is 17.6 Å². The molecule has 1 N–H and O–H groups in total. The molecule has 0 radical (unpaired) electrons. The maximum Gasteiger partial charge on any atom is 0.396 e. The average molecular weight is 400 g/mol. The van der Waals surface area contributed by atoms with E-state index in [4.69, 9.17) is 4.74 Å². The van der Waals surface area contributed by atoms with Crippen molar-refractivity contribution in [2.24, 2.45) is 0 Å². The zero-order valence-corrected chi connectivity index (χ0v) is 16.4. The highest BCUT2D eigenvalue weighted by molar-refractivity contribution is 6.32. The lowest BCUT2D eigenvalue weighted by Crippen LogP contribution is -2.50. The Hall–Kier alpha value is -3.00. The van der Waals surface area contributed by atoms with E-state index in [-0.39, 0.29) is 25.0 Å². The van der Waals surface area contributed by atoms with Crippen LogP contribution in [-0.4, -0.2) is 61.1 Å². The molecule has 1 amide bonds. The zero-order valence-electron chi connectivity index (χ0n) is 16.4. The first-order valence-electron chi connectivity index (χ1n) is 9.68. The maximum absolute atomic E-state index is 14.1. The highest BCUT2D eigenvalue weighted by Gasteiger charge is 2.27. The second-order valence-electron chi connectivity index (χ2n) is 6.71. The van der Waals surface area contributed by atoms with Crippen molar-refractivity contribution in [2.75, 3.05) is 44.2 Å². The quantitative estimate of drug-likeness (QED) is 0.588. The SMILES string of the molecule is CCOC(=O)C(=O)NC[C@H](c1cccnc1)N1CCN(c2ccccc2F)CC1. The monoisotopic (exact) mass is 400 g/mol. The Bertz CT molecular complexity index is 826. The molecule has 0 aliphatic carbocycles. The molecule has 8 heteroatoms. The molecule has 0 unspecified atom stereocenters. The van der Waals surface area contributed by atoms with Crippen molar-refractivity contribution in [1.82, 2.24) is 15.2 Å². The second kappa shape index (κ2) is 9.97. The summed E-state index contributed by atoms with van der Waals surface area (Å²) in [5.74, 6) is -1.88. The van der Waals surface area contributed by atoms with Crippen LogP contribution >= 0.6 is 0 Å². The highest BCUT2D eigenvalue weighted by Crippen LogP contribution is 2.25. The number of aromatic nitrogens is 1. The van der Waals surface area contributed by atoms with Gasteiger partial charge in [0, 0.05) is 45.1 Å². The Morgan fingerprint density at radius 2 is 1.93 bits per heavy atom. The van der Waals surface area contributed by atoms with Gasteiger partial charge in [0.2, 0.25) is 0 Å². The molecule has 1 aliphatic rings. The second-order valence-corrected chi connectivity index (χ2v) is 6.71. The molecular weight excluding hydrogens is 375 g/mol. The Morgan fingerprint density at radius 3 is 2.59 bits per heavy atom. The molecule has 1 aliphatic heterocycles. The number of para-hydroxylation sites is 1. The summed E-state index contributed by atoms with van der Waals surface area (Å²) in [5.41, 5.74) is 1.54. The molecular formula is C21H25FN4O3. The van der Waals surface area contributed by atoms with Crippen LogP contribution in [0.3, 0.4) is 0 Å². The largest absolute Gasteiger partial charge is 0.459 e. The Morgan fingerprint density at radius 1 is 1.17 bits per heavy atom. The number of nitrogens with zero attached hydrogens (tertiary/aromatic N) is 3. The van der Waals surface area contributed by atoms with E-state index in [1.165, 1.54) is 6.07 Å². The van der Waals surface area contributed by atoms with E-state index in [0.717, 1.165) is 5.56 Å². The van der Waals surface area contributed by atoms with E-state index in [0.29, 0.717) is 31.9 Å². The van der Waals surface area contributed by atoms with Gasteiger partial charge >= 0.3 is 11.9 Å². The molecule has 3 rings (SSSR count). The number of hydrogen-bond donors (Lipinski definition) is 1. The molecule has 7 nitrogen and oxygen atoms in total. The fraction of sp³-hybridized carbons (Fsp3) is 0.381. The molecule has 0 spiro atoms. The van der Waals surface area contributed by atoms with Crippen LogP contribution in [0, 0.1) is 5.82 Å². The minimum atomic E-state index is -0.887. The average Bonchev–Trinajstić information content (AvgIpc) is 2.75. The van der Waals surface area contributed by atoms with Crippen molar-refractivity contribution < 1.29 is 18.7 Å². The van der Waals surface area contributed by atoms with Crippen LogP contribution in [0.4, 0.5) is 10.1 Å². The van der Waals surface area contributed by atoms with Gasteiger partial charge in [0.05, 0.1) is 18.3 Å². The van der Waals surface area contributed by atoms with E-state index in [9.17, 15) is 14.0 Å². The van der Waals surface area contributed by atoms with Gasteiger partial charge in [-0.3, -0.25) is 14.7 Å². The number of ether oxygens (including phenoxy) is 1. The number of anilines is 1. The molecule has 2 heterocycles. The van der Waals surface area contributed by atoms with Gasteiger partial charge in [-0.05, 0) is 30.7 Å². The predicted octanol–water partition coefficient (Wildman–Crippen LogP) is 1.76. The normalized spacial score (nSPS) is 15.6. The summed E-state index contributed by atoms with van der Waals surface area (Å²) in [4.78, 5) is 32.0. The lowest BCUT2D eigenvalue weighted by atomic mass is 10.1. The van der Waals surface area contributed by atoms with Crippen LogP contribution < -0.4 is 10.2 Å². The van der Waals surface area contributed by atoms with Crippen molar-refractivity contribution in [3.8, 4) is 0 Å². The molecule has 2 aromatic rings. The van der Waals surface area contributed by atoms with Gasteiger partial charge in [-0.25, -0.2) is 9.18 Å². The topological polar surface area (TPSA) is 74.8 Å². The van der Waals surface area contributed by atoms with Crippen LogP contribution in [0.15, 0.2) is 48.8 Å². The smallest absolute Gasteiger partial charge is 0.396 e. The van der Waals surface area contributed by atoms with E-state index in [2.05, 4.69) is 15.2 Å². The van der Waals surface area contributed by atoms with Gasteiger partial charge in [0.15, 0.2) is 0 Å². The number of amides is 1. The summed E-state index contributed by atoms with van der Waals surface area (Å²) < 4.78 is 18.8. The van der Waals surface area contributed by atoms with Crippen LogP contribution in [0.2, 0.25) is 0 Å². The fourth-order valence-electron chi connectivity index (χ4n) is 3.47. The fourth-order valence-corrected chi connectivity index (χ4v) is 3.47. The number of piperazine rings is 1. The van der Waals surface area contributed by atoms with Gasteiger partial charge in [-0.1, -0.05) is 18.2 Å². The van der Waals surface area contributed by atoms with E-state index in [1.807, 2.05) is 23.1 Å². The van der Waals surface area contributed by atoms with Gasteiger partial charge < -0.3 is 15.0 Å². The Labute approximate surface area is 169 Å². The van der Waals surface area contributed by atoms with Crippen molar-refractivity contribution in [3.05, 3.63) is 60.2 Å². The summed E-state index contributed by atoms with van der Waals surface area (Å²) in [7, 11) is 0. The van der Waals surface area contributed by atoms with Gasteiger partial charge in [-0.15, -0.1) is 0 Å². The maximum atomic E-state index is 14.1. The standard InChI is InChI=1S/C21H25FN4O3/c1-2-29-21(28)20(27)24-15-19(16-6-5-9-23-14-16)26-12-10-25(11-13-26)18-8-4-3-7-17(18)22/h3-9,14,19H,2,10-13,15H2,1H3,(H,24,27)/t19-/m1/s1. The number of hydrogen-bond acceptors (Lipinski definition) is 6. The zero-order chi connectivity index (χ0) is 20.6. The van der Waals surface area contributed by atoms with E-state index >= 15 is 0 Å². The lowest BCUT2D eigenvalue weighted by Gasteiger charge is -2.40. The van der Waals surface area contributed by atoms with Crippen molar-refractivity contribution in [1.29, 1.82) is 0 Å². The lowest BCUT2D eigenvalue weighted by molar-refractivity contribution is -0.154. The molecule has 1 saturated heterocycles. The molecule has 29 heavy (non-hydrogen) atoms. The first-order chi connectivity index (χ1) is 14.1. The van der Waals surface area contributed by atoms with E-state index in [1.54, 1.807) is 31.5 Å². The van der Waals surface area contributed by atoms with Crippen LogP contribution in [-0.2, 0) is 14.3 Å². The summed E-state index contributed by atoms with van der Waals surface area (Å²) in [6, 6.07) is 10.4. The first-order valence-corrected chi connectivity index (χ1v) is 9.68. The number of pyridine rings is 1. The third-order valence-corrected chi connectivity index (χ3v) is 4.93. The number of carbonyl (C=O) groups is 2. The molecule has 0 saturated carbocycles. The summed E-state index contributed by atoms with van der Waals surface area (Å²) in [5, 5.41) is 2.66. The van der Waals surface area contributed by atoms with Crippen molar-refractivity contribution in [2.45, 2.75) is 13.0 Å². The molecule has 1 aromatic heterocycles. The minimum Gasteiger partial charge on any atom is -0.459 e. The number of halogens is 1. The molecule has 1 fully saturated rings. The number of carbonyl (C=O) groups excluding carboxylic acids is 2. The number of rotatable bonds is 6. The predicted molar refractivity (Wildman–Crippen MR) is 107 cm³/mol. The minimum absolute atomic E-state index is 0.148. The van der Waals surface area contributed by atoms with Gasteiger partial charge in [-0.2, -0.15) is 0 Å². The molecule has 0 bridgehead atoms. The Balaban J connectivity index is 1.67. The first kappa shape index (κ1) is 20.7. The van der Waals surface area contributed by atoms with Crippen LogP contribution in [0.5, 0.6) is 0 Å². The molecule has 154 valence electrons. The highest BCUT2D eigenvalue weighted by atomic mass is 19.1. The van der Waals surface area contributed by atoms with Crippen LogP contribution in [0.25, 0.3) is 0 Å². The molecule has 1 atom stereocenters. The van der Waals surface area contributed by atoms with Crippen molar-refractivity contribution in [3.63, 3.8) is 0 Å². The van der Waals surface area contributed by atoms with Gasteiger partial charge in [0.25, 0.3) is 0 Å². The number of benzene rings is 1. The Kier molecular flexibility index (Phi) is 7.13. The van der Waals surface area contributed by atoms with E-state index < -0.39 is 11.9 Å². The summed E-state index contributed by atoms with van der Waals surface area (Å²) in [6.07, 6.45) is 3.44. The third-order valence-electron chi connectivity index (χ3n) is 4.93. The summed E-state index contributed by atoms with van der Waals surface area (Å²) >= 11 is 0. The number of nitrogens with one attached hydrogen (secondary N) is 1. The molecule has 1 aromatic carbocycles. The summed E-state index contributed by atoms with van der Waals surface area (Å²) in [6.45, 7) is 4.73. The number of esters is 1.